The Hall–Kier alpha value is -3.65. The van der Waals surface area contributed by atoms with Crippen molar-refractivity contribution in [2.24, 2.45) is 4.99 Å². The van der Waals surface area contributed by atoms with Crippen LogP contribution in [0.4, 0.5) is 5.82 Å². The van der Waals surface area contributed by atoms with E-state index in [0.29, 0.717) is 19.8 Å². The van der Waals surface area contributed by atoms with Crippen molar-refractivity contribution in [1.29, 1.82) is 0 Å². The fourth-order valence-electron chi connectivity index (χ4n) is 3.68. The average molecular weight is 413 g/mol. The van der Waals surface area contributed by atoms with Crippen LogP contribution < -0.4 is 4.90 Å². The number of benzene rings is 1. The number of hydrogen-bond acceptors (Lipinski definition) is 7. The minimum atomic E-state index is 0.497. The second kappa shape index (κ2) is 8.61. The molecule has 0 aliphatic carbocycles. The van der Waals surface area contributed by atoms with E-state index in [0.717, 1.165) is 47.1 Å². The maximum absolute atomic E-state index is 5.53. The molecule has 5 rings (SSSR count). The molecular formula is C23H23N7O. The van der Waals surface area contributed by atoms with Crippen molar-refractivity contribution in [1.82, 2.24) is 24.6 Å². The van der Waals surface area contributed by atoms with Crippen LogP contribution in [0.5, 0.6) is 0 Å². The summed E-state index contributed by atoms with van der Waals surface area (Å²) in [7, 11) is 0. The molecular weight excluding hydrogens is 390 g/mol. The number of nitrogens with zero attached hydrogens (tertiary/aromatic N) is 7. The summed E-state index contributed by atoms with van der Waals surface area (Å²) >= 11 is 0. The third-order valence-corrected chi connectivity index (χ3v) is 5.19. The molecule has 4 heterocycles. The van der Waals surface area contributed by atoms with Gasteiger partial charge in [-0.05, 0) is 12.5 Å². The first-order valence-electron chi connectivity index (χ1n) is 10.3. The summed E-state index contributed by atoms with van der Waals surface area (Å²) in [5.74, 6) is 0.997. The molecule has 8 nitrogen and oxygen atoms in total. The molecule has 3 aromatic heterocycles. The molecule has 0 spiro atoms. The minimum absolute atomic E-state index is 0.497. The van der Waals surface area contributed by atoms with Crippen molar-refractivity contribution in [2.75, 3.05) is 31.2 Å². The number of aliphatic imine (C=N–C) groups is 1. The van der Waals surface area contributed by atoms with E-state index in [-0.39, 0.29) is 0 Å². The van der Waals surface area contributed by atoms with Crippen LogP contribution in [0.1, 0.15) is 16.8 Å². The van der Waals surface area contributed by atoms with E-state index >= 15 is 0 Å². The lowest BCUT2D eigenvalue weighted by Crippen LogP contribution is -2.37. The van der Waals surface area contributed by atoms with Gasteiger partial charge in [-0.1, -0.05) is 29.8 Å². The maximum atomic E-state index is 5.53. The van der Waals surface area contributed by atoms with Gasteiger partial charge in [0.1, 0.15) is 12.1 Å². The Morgan fingerprint density at radius 1 is 1.10 bits per heavy atom. The summed E-state index contributed by atoms with van der Waals surface area (Å²) < 4.78 is 7.42. The summed E-state index contributed by atoms with van der Waals surface area (Å²) in [6.07, 6.45) is 6.93. The number of fused-ring (bicyclic) bond motifs is 1. The van der Waals surface area contributed by atoms with Crippen LogP contribution in [0.25, 0.3) is 16.9 Å². The third kappa shape index (κ3) is 4.29. The van der Waals surface area contributed by atoms with Gasteiger partial charge >= 0.3 is 0 Å². The normalized spacial score (nSPS) is 14.5. The van der Waals surface area contributed by atoms with Gasteiger partial charge in [-0.2, -0.15) is 9.61 Å². The minimum Gasteiger partial charge on any atom is -0.378 e. The Morgan fingerprint density at radius 3 is 2.74 bits per heavy atom. The fourth-order valence-corrected chi connectivity index (χ4v) is 3.68. The zero-order valence-corrected chi connectivity index (χ0v) is 17.3. The number of ether oxygens (including phenoxy) is 1. The number of anilines is 1. The van der Waals surface area contributed by atoms with E-state index in [1.165, 1.54) is 11.9 Å². The van der Waals surface area contributed by atoms with Crippen LogP contribution in [0.2, 0.25) is 0 Å². The van der Waals surface area contributed by atoms with Crippen molar-refractivity contribution in [3.63, 3.8) is 0 Å². The molecule has 4 aromatic rings. The number of aromatic nitrogens is 5. The lowest BCUT2D eigenvalue weighted by atomic mass is 10.1. The van der Waals surface area contributed by atoms with E-state index in [2.05, 4.69) is 51.0 Å². The van der Waals surface area contributed by atoms with Gasteiger partial charge < -0.3 is 9.64 Å². The highest BCUT2D eigenvalue weighted by Gasteiger charge is 2.18. The average Bonchev–Trinajstić information content (AvgIpc) is 3.24. The van der Waals surface area contributed by atoms with Crippen molar-refractivity contribution in [2.45, 2.75) is 13.5 Å². The molecule has 0 N–H and O–H groups in total. The van der Waals surface area contributed by atoms with Crippen LogP contribution >= 0.6 is 0 Å². The quantitative estimate of drug-likeness (QED) is 0.468. The summed E-state index contributed by atoms with van der Waals surface area (Å²) in [4.78, 5) is 19.9. The second-order valence-electron chi connectivity index (χ2n) is 7.52. The molecule has 0 bridgehead atoms. The number of morpholine rings is 1. The molecule has 1 aromatic carbocycles. The summed E-state index contributed by atoms with van der Waals surface area (Å²) in [6.45, 7) is 5.60. The molecule has 0 atom stereocenters. The van der Waals surface area contributed by atoms with E-state index in [9.17, 15) is 0 Å². The summed E-state index contributed by atoms with van der Waals surface area (Å²) in [6, 6.07) is 12.3. The van der Waals surface area contributed by atoms with Gasteiger partial charge in [0.25, 0.3) is 0 Å². The molecule has 1 aliphatic rings. The standard InChI is InChI=1S/C23H23N7O/c1-17-3-2-4-18(9-17)12-24-15-20-10-23(29-5-7-31-8-6-29)30-22(27-20)11-21(28-30)19-13-25-16-26-14-19/h2-4,9-14,16H,5-8,15H2,1H3. The Kier molecular flexibility index (Phi) is 5.37. The van der Waals surface area contributed by atoms with Gasteiger partial charge in [0, 0.05) is 49.4 Å². The number of hydrogen-bond donors (Lipinski definition) is 0. The SMILES string of the molecule is Cc1cccc(C=NCc2cc(N3CCOCC3)n3nc(-c4cncnc4)cc3n2)c1. The van der Waals surface area contributed by atoms with Gasteiger partial charge in [-0.3, -0.25) is 4.99 Å². The van der Waals surface area contributed by atoms with Crippen LogP contribution in [0.15, 0.2) is 60.1 Å². The molecule has 1 saturated heterocycles. The molecule has 0 saturated carbocycles. The Bertz CT molecular complexity index is 1210. The molecule has 0 amide bonds. The molecule has 0 unspecified atom stereocenters. The third-order valence-electron chi connectivity index (χ3n) is 5.19. The summed E-state index contributed by atoms with van der Waals surface area (Å²) in [5.41, 5.74) is 5.64. The highest BCUT2D eigenvalue weighted by molar-refractivity contribution is 5.79. The summed E-state index contributed by atoms with van der Waals surface area (Å²) in [5, 5.41) is 4.79. The molecule has 0 radical (unpaired) electrons. The Morgan fingerprint density at radius 2 is 1.94 bits per heavy atom. The first-order chi connectivity index (χ1) is 15.3. The highest BCUT2D eigenvalue weighted by atomic mass is 16.5. The first-order valence-corrected chi connectivity index (χ1v) is 10.3. The molecule has 1 fully saturated rings. The van der Waals surface area contributed by atoms with Crippen LogP contribution in [0, 0.1) is 6.92 Å². The number of rotatable bonds is 5. The van der Waals surface area contributed by atoms with Gasteiger partial charge in [0.15, 0.2) is 5.65 Å². The Balaban J connectivity index is 1.50. The lowest BCUT2D eigenvalue weighted by Gasteiger charge is -2.29. The molecule has 8 heteroatoms. The van der Waals surface area contributed by atoms with Crippen molar-refractivity contribution < 1.29 is 4.74 Å². The van der Waals surface area contributed by atoms with Crippen LogP contribution in [-0.4, -0.2) is 57.1 Å². The van der Waals surface area contributed by atoms with Crippen molar-refractivity contribution >= 4 is 17.7 Å². The lowest BCUT2D eigenvalue weighted by molar-refractivity contribution is 0.122. The highest BCUT2D eigenvalue weighted by Crippen LogP contribution is 2.24. The van der Waals surface area contributed by atoms with E-state index in [1.807, 2.05) is 22.9 Å². The van der Waals surface area contributed by atoms with Gasteiger partial charge in [-0.25, -0.2) is 15.0 Å². The molecule has 1 aliphatic heterocycles. The maximum Gasteiger partial charge on any atom is 0.158 e. The first kappa shape index (κ1) is 19.3. The molecule has 31 heavy (non-hydrogen) atoms. The van der Waals surface area contributed by atoms with Crippen LogP contribution in [-0.2, 0) is 11.3 Å². The fraction of sp³-hybridized carbons (Fsp3) is 0.261. The van der Waals surface area contributed by atoms with Gasteiger partial charge in [-0.15, -0.1) is 0 Å². The smallest absolute Gasteiger partial charge is 0.158 e. The Labute approximate surface area is 180 Å². The zero-order chi connectivity index (χ0) is 21.0. The zero-order valence-electron chi connectivity index (χ0n) is 17.3. The van der Waals surface area contributed by atoms with E-state index in [4.69, 9.17) is 14.8 Å². The van der Waals surface area contributed by atoms with E-state index in [1.54, 1.807) is 12.4 Å². The monoisotopic (exact) mass is 413 g/mol. The topological polar surface area (TPSA) is 80.8 Å². The van der Waals surface area contributed by atoms with Gasteiger partial charge in [0.05, 0.1) is 31.1 Å². The van der Waals surface area contributed by atoms with Crippen molar-refractivity contribution in [3.8, 4) is 11.3 Å². The predicted octanol–water partition coefficient (Wildman–Crippen LogP) is 2.95. The van der Waals surface area contributed by atoms with Crippen molar-refractivity contribution in [3.05, 3.63) is 71.9 Å². The number of aryl methyl sites for hydroxylation is 1. The molecule has 156 valence electrons. The van der Waals surface area contributed by atoms with Gasteiger partial charge in [0.2, 0.25) is 0 Å². The predicted molar refractivity (Wildman–Crippen MR) is 120 cm³/mol. The van der Waals surface area contributed by atoms with Crippen LogP contribution in [0.3, 0.4) is 0 Å². The largest absolute Gasteiger partial charge is 0.378 e. The van der Waals surface area contributed by atoms with E-state index < -0.39 is 0 Å². The second-order valence-corrected chi connectivity index (χ2v) is 7.52.